The van der Waals surface area contributed by atoms with Crippen molar-refractivity contribution in [1.82, 2.24) is 4.90 Å². The number of hydrogen-bond acceptors (Lipinski definition) is 3. The highest BCUT2D eigenvalue weighted by Gasteiger charge is 2.51. The molecule has 1 spiro atoms. The van der Waals surface area contributed by atoms with Crippen molar-refractivity contribution in [2.75, 3.05) is 13.1 Å². The zero-order valence-electron chi connectivity index (χ0n) is 11.2. The number of rotatable bonds is 1. The molecule has 5 nitrogen and oxygen atoms in total. The van der Waals surface area contributed by atoms with E-state index in [-0.39, 0.29) is 18.1 Å². The molecule has 5 heteroatoms. The first-order chi connectivity index (χ1) is 8.21. The summed E-state index contributed by atoms with van der Waals surface area (Å²) < 4.78 is 5.32. The number of nitrogens with zero attached hydrogens (tertiary/aromatic N) is 1. The van der Waals surface area contributed by atoms with Gasteiger partial charge in [0.2, 0.25) is 0 Å². The summed E-state index contributed by atoms with van der Waals surface area (Å²) in [6.45, 7) is 6.36. The number of aliphatic carboxylic acids is 1. The molecule has 18 heavy (non-hydrogen) atoms. The number of likely N-dealkylation sites (tertiary alicyclic amines) is 1. The lowest BCUT2D eigenvalue weighted by Gasteiger charge is -2.37. The molecule has 2 rings (SSSR count). The van der Waals surface area contributed by atoms with Crippen LogP contribution in [-0.2, 0) is 9.53 Å². The average molecular weight is 255 g/mol. The zero-order valence-corrected chi connectivity index (χ0v) is 11.2. The molecular weight excluding hydrogens is 234 g/mol. The number of amides is 1. The smallest absolute Gasteiger partial charge is 0.410 e. The van der Waals surface area contributed by atoms with Crippen molar-refractivity contribution < 1.29 is 19.4 Å². The minimum Gasteiger partial charge on any atom is -0.481 e. The predicted molar refractivity (Wildman–Crippen MR) is 65.2 cm³/mol. The molecule has 1 saturated carbocycles. The summed E-state index contributed by atoms with van der Waals surface area (Å²) in [5, 5.41) is 9.15. The molecule has 1 N–H and O–H groups in total. The maximum absolute atomic E-state index is 12.0. The van der Waals surface area contributed by atoms with Gasteiger partial charge in [0.05, 0.1) is 5.92 Å². The van der Waals surface area contributed by atoms with Crippen molar-refractivity contribution in [3.8, 4) is 0 Å². The molecule has 1 heterocycles. The highest BCUT2D eigenvalue weighted by atomic mass is 16.6. The third-order valence-corrected chi connectivity index (χ3v) is 3.60. The van der Waals surface area contributed by atoms with Gasteiger partial charge in [-0.2, -0.15) is 0 Å². The Morgan fingerprint density at radius 3 is 2.39 bits per heavy atom. The van der Waals surface area contributed by atoms with Crippen LogP contribution in [0.2, 0.25) is 0 Å². The van der Waals surface area contributed by atoms with Crippen molar-refractivity contribution in [2.45, 2.75) is 45.6 Å². The van der Waals surface area contributed by atoms with Crippen LogP contribution in [0.4, 0.5) is 4.79 Å². The van der Waals surface area contributed by atoms with Crippen molar-refractivity contribution in [3.05, 3.63) is 0 Å². The molecule has 102 valence electrons. The van der Waals surface area contributed by atoms with Crippen LogP contribution in [0.5, 0.6) is 0 Å². The van der Waals surface area contributed by atoms with E-state index in [2.05, 4.69) is 0 Å². The first-order valence-electron chi connectivity index (χ1n) is 6.42. The second-order valence-electron chi connectivity index (χ2n) is 6.60. The van der Waals surface area contributed by atoms with Gasteiger partial charge in [0.15, 0.2) is 0 Å². The molecule has 0 aromatic rings. The molecular formula is C13H21NO4. The molecule has 2 aliphatic rings. The molecule has 1 aliphatic carbocycles. The molecule has 1 unspecified atom stereocenters. The molecule has 1 saturated heterocycles. The minimum atomic E-state index is -0.811. The Kier molecular flexibility index (Phi) is 3.03. The van der Waals surface area contributed by atoms with Gasteiger partial charge in [-0.05, 0) is 45.4 Å². The van der Waals surface area contributed by atoms with Crippen LogP contribution < -0.4 is 0 Å². The first-order valence-corrected chi connectivity index (χ1v) is 6.42. The average Bonchev–Trinajstić information content (AvgIpc) is 2.94. The van der Waals surface area contributed by atoms with Crippen LogP contribution >= 0.6 is 0 Å². The summed E-state index contributed by atoms with van der Waals surface area (Å²) >= 11 is 0. The number of hydrogen-bond donors (Lipinski definition) is 1. The van der Waals surface area contributed by atoms with Crippen LogP contribution in [0.25, 0.3) is 0 Å². The van der Waals surface area contributed by atoms with Crippen molar-refractivity contribution in [3.63, 3.8) is 0 Å². The van der Waals surface area contributed by atoms with Crippen LogP contribution in [-0.4, -0.2) is 40.8 Å². The van der Waals surface area contributed by atoms with E-state index in [1.807, 2.05) is 20.8 Å². The standard InChI is InChI=1S/C13H21NO4/c1-12(2,3)18-11(17)14-7-9(10(15)16)6-13(8-14)4-5-13/h9H,4-8H2,1-3H3,(H,15,16). The highest BCUT2D eigenvalue weighted by molar-refractivity contribution is 5.73. The topological polar surface area (TPSA) is 66.8 Å². The second kappa shape index (κ2) is 4.14. The number of ether oxygens (including phenoxy) is 1. The van der Waals surface area contributed by atoms with Gasteiger partial charge in [-0.15, -0.1) is 0 Å². The van der Waals surface area contributed by atoms with Crippen LogP contribution in [0, 0.1) is 11.3 Å². The summed E-state index contributed by atoms with van der Waals surface area (Å²) in [7, 11) is 0. The number of piperidine rings is 1. The second-order valence-corrected chi connectivity index (χ2v) is 6.60. The Balaban J connectivity index is 2.04. The summed E-state index contributed by atoms with van der Waals surface area (Å²) in [6.07, 6.45) is 2.35. The highest BCUT2D eigenvalue weighted by Crippen LogP contribution is 2.53. The normalized spacial score (nSPS) is 25.9. The Labute approximate surface area is 107 Å². The monoisotopic (exact) mass is 255 g/mol. The Hall–Kier alpha value is -1.26. The maximum atomic E-state index is 12.0. The van der Waals surface area contributed by atoms with Gasteiger partial charge < -0.3 is 14.7 Å². The number of carbonyl (C=O) groups excluding carboxylic acids is 1. The number of carboxylic acid groups (broad SMARTS) is 1. The molecule has 2 fully saturated rings. The Morgan fingerprint density at radius 1 is 1.33 bits per heavy atom. The Morgan fingerprint density at radius 2 is 1.94 bits per heavy atom. The van der Waals surface area contributed by atoms with E-state index in [1.165, 1.54) is 0 Å². The van der Waals surface area contributed by atoms with E-state index in [0.717, 1.165) is 12.8 Å². The zero-order chi connectivity index (χ0) is 13.6. The lowest BCUT2D eigenvalue weighted by molar-refractivity contribution is -0.144. The fraction of sp³-hybridized carbons (Fsp3) is 0.846. The molecule has 0 aromatic carbocycles. The van der Waals surface area contributed by atoms with Crippen LogP contribution in [0.15, 0.2) is 0 Å². The quantitative estimate of drug-likeness (QED) is 0.779. The van der Waals surface area contributed by atoms with Gasteiger partial charge in [-0.1, -0.05) is 0 Å². The van der Waals surface area contributed by atoms with Crippen molar-refractivity contribution >= 4 is 12.1 Å². The maximum Gasteiger partial charge on any atom is 0.410 e. The number of carboxylic acids is 1. The van der Waals surface area contributed by atoms with Gasteiger partial charge in [-0.3, -0.25) is 4.79 Å². The van der Waals surface area contributed by atoms with Gasteiger partial charge in [0, 0.05) is 13.1 Å². The number of carbonyl (C=O) groups is 2. The molecule has 0 aromatic heterocycles. The van der Waals surface area contributed by atoms with Crippen molar-refractivity contribution in [1.29, 1.82) is 0 Å². The molecule has 1 aliphatic heterocycles. The summed E-state index contributed by atoms with van der Waals surface area (Å²) in [5.41, 5.74) is -0.484. The largest absolute Gasteiger partial charge is 0.481 e. The van der Waals surface area contributed by atoms with E-state index in [9.17, 15) is 9.59 Å². The Bertz CT molecular complexity index is 368. The summed E-state index contributed by atoms with van der Waals surface area (Å²) in [4.78, 5) is 24.7. The van der Waals surface area contributed by atoms with Gasteiger partial charge in [0.25, 0.3) is 0 Å². The van der Waals surface area contributed by atoms with E-state index in [4.69, 9.17) is 9.84 Å². The van der Waals surface area contributed by atoms with E-state index >= 15 is 0 Å². The summed E-state index contributed by atoms with van der Waals surface area (Å²) in [6, 6.07) is 0. The lowest BCUT2D eigenvalue weighted by atomic mass is 9.87. The third kappa shape index (κ3) is 2.94. The summed E-state index contributed by atoms with van der Waals surface area (Å²) in [5.74, 6) is -1.26. The lowest BCUT2D eigenvalue weighted by Crippen LogP contribution is -2.48. The van der Waals surface area contributed by atoms with Crippen LogP contribution in [0.1, 0.15) is 40.0 Å². The minimum absolute atomic E-state index is 0.0538. The van der Waals surface area contributed by atoms with E-state index in [0.29, 0.717) is 13.0 Å². The third-order valence-electron chi connectivity index (χ3n) is 3.60. The van der Waals surface area contributed by atoms with Gasteiger partial charge >= 0.3 is 12.1 Å². The van der Waals surface area contributed by atoms with Crippen LogP contribution in [0.3, 0.4) is 0 Å². The van der Waals surface area contributed by atoms with E-state index < -0.39 is 17.5 Å². The molecule has 0 bridgehead atoms. The SMILES string of the molecule is CC(C)(C)OC(=O)N1CC(C(=O)O)CC2(CC2)C1. The fourth-order valence-electron chi connectivity index (χ4n) is 2.56. The first kappa shape index (κ1) is 13.2. The van der Waals surface area contributed by atoms with Crippen molar-refractivity contribution in [2.24, 2.45) is 11.3 Å². The van der Waals surface area contributed by atoms with E-state index in [1.54, 1.807) is 4.90 Å². The molecule has 0 radical (unpaired) electrons. The van der Waals surface area contributed by atoms with Gasteiger partial charge in [-0.25, -0.2) is 4.79 Å². The fourth-order valence-corrected chi connectivity index (χ4v) is 2.56. The van der Waals surface area contributed by atoms with Gasteiger partial charge in [0.1, 0.15) is 5.60 Å². The molecule has 1 atom stereocenters. The predicted octanol–water partition coefficient (Wildman–Crippen LogP) is 2.11. The molecule has 1 amide bonds.